The smallest absolute Gasteiger partial charge is 0.227 e. The molecule has 0 saturated heterocycles. The van der Waals surface area contributed by atoms with Gasteiger partial charge in [0.2, 0.25) is 5.88 Å². The van der Waals surface area contributed by atoms with Gasteiger partial charge in [0, 0.05) is 18.1 Å². The molecule has 1 N–H and O–H groups in total. The maximum atomic E-state index is 10.2. The molecule has 0 bridgehead atoms. The van der Waals surface area contributed by atoms with E-state index in [0.29, 0.717) is 29.7 Å². The van der Waals surface area contributed by atoms with Crippen LogP contribution in [0.15, 0.2) is 54.6 Å². The van der Waals surface area contributed by atoms with Crippen molar-refractivity contribution in [2.45, 2.75) is 46.3 Å². The van der Waals surface area contributed by atoms with E-state index < -0.39 is 0 Å². The van der Waals surface area contributed by atoms with Crippen molar-refractivity contribution >= 4 is 11.6 Å². The summed E-state index contributed by atoms with van der Waals surface area (Å²) in [4.78, 5) is 2.27. The number of benzene rings is 2. The van der Waals surface area contributed by atoms with Gasteiger partial charge in [0.05, 0.1) is 23.0 Å². The summed E-state index contributed by atoms with van der Waals surface area (Å²) >= 11 is 6.04. The molecular formula is C24H30ClN3O2. The summed E-state index contributed by atoms with van der Waals surface area (Å²) in [7, 11) is 0. The molecule has 0 aliphatic carbocycles. The molecule has 2 aromatic carbocycles. The Kier molecular flexibility index (Phi) is 7.91. The minimum absolute atomic E-state index is 0.346. The quantitative estimate of drug-likeness (QED) is 0.457. The van der Waals surface area contributed by atoms with Crippen LogP contribution in [0, 0.1) is 6.92 Å². The SMILES string of the molecule is CCCN(Cc1c(C)nn(-c2ccccc2)c1Oc1ccc(Cl)cc1)CC(O)CC. The first-order valence-corrected chi connectivity index (χ1v) is 10.9. The second kappa shape index (κ2) is 10.6. The minimum atomic E-state index is -0.346. The second-order valence-corrected chi connectivity index (χ2v) is 7.91. The Morgan fingerprint density at radius 2 is 1.80 bits per heavy atom. The Bertz CT molecular complexity index is 926. The van der Waals surface area contributed by atoms with Crippen LogP contribution in [0.4, 0.5) is 0 Å². The van der Waals surface area contributed by atoms with E-state index in [1.54, 1.807) is 0 Å². The molecule has 6 heteroatoms. The van der Waals surface area contributed by atoms with E-state index in [1.165, 1.54) is 0 Å². The number of hydrogen-bond donors (Lipinski definition) is 1. The fourth-order valence-electron chi connectivity index (χ4n) is 3.39. The normalized spacial score (nSPS) is 12.3. The molecule has 1 aromatic heterocycles. The summed E-state index contributed by atoms with van der Waals surface area (Å²) in [6.45, 7) is 8.34. The number of aromatic nitrogens is 2. The predicted octanol–water partition coefficient (Wildman–Crippen LogP) is 5.61. The Labute approximate surface area is 183 Å². The fourth-order valence-corrected chi connectivity index (χ4v) is 3.51. The number of halogens is 1. The van der Waals surface area contributed by atoms with Crippen LogP contribution in [-0.4, -0.2) is 39.0 Å². The molecule has 3 rings (SSSR count). The molecule has 0 amide bonds. The number of aliphatic hydroxyl groups is 1. The van der Waals surface area contributed by atoms with Gasteiger partial charge in [-0.05, 0) is 62.7 Å². The summed E-state index contributed by atoms with van der Waals surface area (Å²) < 4.78 is 8.18. The molecule has 5 nitrogen and oxygen atoms in total. The standard InChI is InChI=1S/C24H30ClN3O2/c1-4-15-27(16-21(29)5-2)17-23-18(3)26-28(20-9-7-6-8-10-20)24(23)30-22-13-11-19(25)12-14-22/h6-14,21,29H,4-5,15-17H2,1-3H3. The summed E-state index contributed by atoms with van der Waals surface area (Å²) in [5, 5.41) is 15.7. The first-order chi connectivity index (χ1) is 14.5. The van der Waals surface area contributed by atoms with Crippen LogP contribution in [0.25, 0.3) is 5.69 Å². The van der Waals surface area contributed by atoms with Crippen molar-refractivity contribution < 1.29 is 9.84 Å². The zero-order valence-electron chi connectivity index (χ0n) is 17.9. The van der Waals surface area contributed by atoms with Gasteiger partial charge in [-0.25, -0.2) is 4.68 Å². The summed E-state index contributed by atoms with van der Waals surface area (Å²) in [6.07, 6.45) is 1.40. The monoisotopic (exact) mass is 427 g/mol. The second-order valence-electron chi connectivity index (χ2n) is 7.47. The van der Waals surface area contributed by atoms with Gasteiger partial charge in [-0.1, -0.05) is 43.6 Å². The Morgan fingerprint density at radius 3 is 2.43 bits per heavy atom. The molecular weight excluding hydrogens is 398 g/mol. The van der Waals surface area contributed by atoms with Gasteiger partial charge in [-0.2, -0.15) is 5.10 Å². The minimum Gasteiger partial charge on any atom is -0.439 e. The van der Waals surface area contributed by atoms with Crippen molar-refractivity contribution in [2.24, 2.45) is 0 Å². The molecule has 160 valence electrons. The van der Waals surface area contributed by atoms with Crippen molar-refractivity contribution in [3.63, 3.8) is 0 Å². The fraction of sp³-hybridized carbons (Fsp3) is 0.375. The lowest BCUT2D eigenvalue weighted by Crippen LogP contribution is -2.32. The first-order valence-electron chi connectivity index (χ1n) is 10.5. The highest BCUT2D eigenvalue weighted by atomic mass is 35.5. The number of hydrogen-bond acceptors (Lipinski definition) is 4. The predicted molar refractivity (Wildman–Crippen MR) is 122 cm³/mol. The van der Waals surface area contributed by atoms with Gasteiger partial charge in [0.25, 0.3) is 0 Å². The Balaban J connectivity index is 2.00. The van der Waals surface area contributed by atoms with E-state index in [2.05, 4.69) is 11.8 Å². The maximum Gasteiger partial charge on any atom is 0.227 e. The van der Waals surface area contributed by atoms with Gasteiger partial charge >= 0.3 is 0 Å². The molecule has 3 aromatic rings. The first kappa shape index (κ1) is 22.3. The largest absolute Gasteiger partial charge is 0.439 e. The molecule has 1 heterocycles. The lowest BCUT2D eigenvalue weighted by Gasteiger charge is -2.24. The van der Waals surface area contributed by atoms with Crippen LogP contribution >= 0.6 is 11.6 Å². The number of aliphatic hydroxyl groups excluding tert-OH is 1. The van der Waals surface area contributed by atoms with Crippen molar-refractivity contribution in [3.8, 4) is 17.3 Å². The van der Waals surface area contributed by atoms with E-state index in [9.17, 15) is 5.11 Å². The molecule has 30 heavy (non-hydrogen) atoms. The van der Waals surface area contributed by atoms with Crippen LogP contribution in [0.2, 0.25) is 5.02 Å². The highest BCUT2D eigenvalue weighted by molar-refractivity contribution is 6.30. The van der Waals surface area contributed by atoms with E-state index in [1.807, 2.05) is 73.1 Å². The third kappa shape index (κ3) is 5.63. The molecule has 0 spiro atoms. The number of ether oxygens (including phenoxy) is 1. The molecule has 0 aliphatic heterocycles. The van der Waals surface area contributed by atoms with Gasteiger partial charge in [0.15, 0.2) is 0 Å². The number of para-hydroxylation sites is 1. The lowest BCUT2D eigenvalue weighted by molar-refractivity contribution is 0.105. The van der Waals surface area contributed by atoms with Crippen molar-refractivity contribution in [2.75, 3.05) is 13.1 Å². The number of nitrogens with zero attached hydrogens (tertiary/aromatic N) is 3. The third-order valence-corrected chi connectivity index (χ3v) is 5.28. The van der Waals surface area contributed by atoms with Crippen LogP contribution in [-0.2, 0) is 6.54 Å². The molecule has 1 atom stereocenters. The van der Waals surface area contributed by atoms with Crippen LogP contribution in [0.5, 0.6) is 11.6 Å². The highest BCUT2D eigenvalue weighted by Crippen LogP contribution is 2.32. The van der Waals surface area contributed by atoms with Crippen LogP contribution in [0.3, 0.4) is 0 Å². The Morgan fingerprint density at radius 1 is 1.10 bits per heavy atom. The zero-order chi connectivity index (χ0) is 21.5. The van der Waals surface area contributed by atoms with Crippen molar-refractivity contribution in [1.82, 2.24) is 14.7 Å². The lowest BCUT2D eigenvalue weighted by atomic mass is 10.2. The van der Waals surface area contributed by atoms with E-state index >= 15 is 0 Å². The molecule has 0 aliphatic rings. The average Bonchev–Trinajstić information content (AvgIpc) is 3.05. The van der Waals surface area contributed by atoms with Gasteiger partial charge < -0.3 is 9.84 Å². The van der Waals surface area contributed by atoms with Gasteiger partial charge in [-0.15, -0.1) is 0 Å². The molecule has 0 radical (unpaired) electrons. The summed E-state index contributed by atoms with van der Waals surface area (Å²) in [5.74, 6) is 1.39. The van der Waals surface area contributed by atoms with E-state index in [-0.39, 0.29) is 6.10 Å². The Hall–Kier alpha value is -2.34. The maximum absolute atomic E-state index is 10.2. The zero-order valence-corrected chi connectivity index (χ0v) is 18.6. The number of rotatable bonds is 10. The summed E-state index contributed by atoms with van der Waals surface area (Å²) in [5.41, 5.74) is 2.87. The van der Waals surface area contributed by atoms with Crippen molar-refractivity contribution in [3.05, 3.63) is 70.9 Å². The van der Waals surface area contributed by atoms with Gasteiger partial charge in [0.1, 0.15) is 5.75 Å². The topological polar surface area (TPSA) is 50.5 Å². The molecule has 1 unspecified atom stereocenters. The molecule has 0 fully saturated rings. The number of aryl methyl sites for hydroxylation is 1. The van der Waals surface area contributed by atoms with Crippen LogP contribution < -0.4 is 4.74 Å². The average molecular weight is 428 g/mol. The molecule has 0 saturated carbocycles. The third-order valence-electron chi connectivity index (χ3n) is 5.03. The van der Waals surface area contributed by atoms with Crippen LogP contribution in [0.1, 0.15) is 37.9 Å². The summed E-state index contributed by atoms with van der Waals surface area (Å²) in [6, 6.07) is 17.3. The van der Waals surface area contributed by atoms with E-state index in [4.69, 9.17) is 21.4 Å². The van der Waals surface area contributed by atoms with E-state index in [0.717, 1.165) is 36.3 Å². The highest BCUT2D eigenvalue weighted by Gasteiger charge is 2.22. The van der Waals surface area contributed by atoms with Gasteiger partial charge in [-0.3, -0.25) is 4.90 Å². The van der Waals surface area contributed by atoms with Crippen molar-refractivity contribution in [1.29, 1.82) is 0 Å².